The molecule has 15 nitrogen and oxygen atoms in total. The van der Waals surface area contributed by atoms with Gasteiger partial charge in [-0.2, -0.15) is 0 Å². The maximum absolute atomic E-state index is 14.5. The van der Waals surface area contributed by atoms with Crippen LogP contribution in [0, 0.1) is 30.6 Å². The largest absolute Gasteiger partial charge is 0.507 e. The number of aliphatic hydroxyl groups is 2. The molecule has 9 atom stereocenters. The third kappa shape index (κ3) is 8.66. The van der Waals surface area contributed by atoms with Gasteiger partial charge in [-0.1, -0.05) is 45.9 Å². The number of ether oxygens (including phenoxy) is 5. The maximum atomic E-state index is 14.5. The van der Waals surface area contributed by atoms with Crippen LogP contribution in [-0.2, 0) is 28.6 Å². The van der Waals surface area contributed by atoms with Crippen molar-refractivity contribution >= 4 is 40.0 Å². The molecule has 6 rings (SSSR count). The summed E-state index contributed by atoms with van der Waals surface area (Å²) >= 11 is 0. The van der Waals surface area contributed by atoms with Crippen LogP contribution < -0.4 is 14.8 Å². The molecule has 58 heavy (non-hydrogen) atoms. The van der Waals surface area contributed by atoms with Crippen molar-refractivity contribution in [3.8, 4) is 23.0 Å². The van der Waals surface area contributed by atoms with E-state index in [2.05, 4.69) is 5.32 Å². The normalized spacial score (nSPS) is 31.6. The summed E-state index contributed by atoms with van der Waals surface area (Å²) in [4.78, 5) is 55.1. The number of aromatic hydroxyl groups is 2. The number of aliphatic hydroxyl groups excluding tert-OH is 2. The first-order chi connectivity index (χ1) is 27.3. The van der Waals surface area contributed by atoms with E-state index >= 15 is 0 Å². The number of carbonyl (C=O) groups excluding carboxylic acids is 4. The summed E-state index contributed by atoms with van der Waals surface area (Å²) in [7, 11) is 1.44. The molecular formula is C43H56N2O13. The Hall–Kier alpha value is -5.12. The summed E-state index contributed by atoms with van der Waals surface area (Å²) < 4.78 is 29.7. The summed E-state index contributed by atoms with van der Waals surface area (Å²) in [6.45, 7) is 13.3. The zero-order chi connectivity index (χ0) is 42.8. The van der Waals surface area contributed by atoms with E-state index < -0.39 is 89.6 Å². The number of esters is 1. The van der Waals surface area contributed by atoms with Crippen molar-refractivity contribution in [2.45, 2.75) is 98.4 Å². The van der Waals surface area contributed by atoms with Crippen LogP contribution in [0.25, 0.3) is 10.8 Å². The number of allylic oxidation sites excluding steroid dienone is 2. The van der Waals surface area contributed by atoms with Crippen molar-refractivity contribution in [3.05, 3.63) is 53.3 Å². The average molecular weight is 809 g/mol. The number of fused-ring (bicyclic) bond motifs is 14. The molecule has 4 heterocycles. The number of Topliss-reactive ketones (excluding diaryl/α,β-unsaturated/α-hetero) is 1. The topological polar surface area (TPSA) is 211 Å². The zero-order valence-corrected chi connectivity index (χ0v) is 34.5. The van der Waals surface area contributed by atoms with Gasteiger partial charge >= 0.3 is 11.8 Å². The molecule has 0 spiro atoms. The van der Waals surface area contributed by atoms with Gasteiger partial charge in [-0.15, -0.1) is 0 Å². The predicted molar refractivity (Wildman–Crippen MR) is 213 cm³/mol. The van der Waals surface area contributed by atoms with Crippen LogP contribution in [0.3, 0.4) is 0 Å². The molecule has 0 aromatic heterocycles. The standard InChI is InChI=1S/C43H56N2O13/c1-21-13-12-14-22(2)42(53)44-28-19-30(55-20-31(47)45-16-10-11-17-45)32-33(38(28)51)37(50)26(6)40-34(32)41(52)43(8,58-40)56-18-15-29(54-9)23(3)39(57-27(7)46)25(5)36(49)24(4)35(21)48/h12-15,18-19,21,23-25,29,35-36,39,48-51H,10-11,16-17,20H2,1-9H3,(H,44,53)/b13-12+,18-15+,22-14-/t21-,23+,24+,25+,29-,35-,36+,39+,43-/m0/s1. The highest BCUT2D eigenvalue weighted by Crippen LogP contribution is 2.54. The lowest BCUT2D eigenvalue weighted by atomic mass is 9.78. The number of hydrogen-bond donors (Lipinski definition) is 5. The number of rotatable bonds is 5. The first-order valence-electron chi connectivity index (χ1n) is 19.6. The van der Waals surface area contributed by atoms with Crippen molar-refractivity contribution in [1.29, 1.82) is 0 Å². The molecule has 316 valence electrons. The smallest absolute Gasteiger partial charge is 0.312 e. The van der Waals surface area contributed by atoms with Gasteiger partial charge in [-0.05, 0) is 32.8 Å². The minimum absolute atomic E-state index is 0.0474. The Morgan fingerprint density at radius 2 is 1.64 bits per heavy atom. The van der Waals surface area contributed by atoms with E-state index in [4.69, 9.17) is 23.7 Å². The maximum Gasteiger partial charge on any atom is 0.312 e. The number of phenols is 2. The number of nitrogens with one attached hydrogen (secondary N) is 1. The van der Waals surface area contributed by atoms with E-state index in [-0.39, 0.29) is 50.6 Å². The number of ketones is 1. The molecule has 1 fully saturated rings. The lowest BCUT2D eigenvalue weighted by Gasteiger charge is -2.38. The molecule has 0 radical (unpaired) electrons. The van der Waals surface area contributed by atoms with Gasteiger partial charge in [-0.3, -0.25) is 19.2 Å². The lowest BCUT2D eigenvalue weighted by molar-refractivity contribution is -0.160. The SMILES string of the molecule is CO[C@H]1/C=C/O[C@@]2(C)Oc3c(C)c(O)c4c(O)c(cc(OCC(=O)N5CCCC5)c4c3C2=O)NC(=O)/C(C)=C\C=C\[C@H](C)[C@H](O)[C@@H](C)[C@@H](O)[C@@H](C)[C@H](OC(C)=O)[C@@H]1C. The summed E-state index contributed by atoms with van der Waals surface area (Å²) in [6, 6.07) is 1.28. The lowest BCUT2D eigenvalue weighted by Crippen LogP contribution is -2.46. The zero-order valence-electron chi connectivity index (χ0n) is 34.5. The Morgan fingerprint density at radius 1 is 0.966 bits per heavy atom. The number of benzene rings is 2. The summed E-state index contributed by atoms with van der Waals surface area (Å²) in [6.07, 6.45) is 5.34. The van der Waals surface area contributed by atoms with Crippen LogP contribution in [0.1, 0.15) is 77.2 Å². The summed E-state index contributed by atoms with van der Waals surface area (Å²) in [5.41, 5.74) is 0.0313. The Morgan fingerprint density at radius 3 is 2.28 bits per heavy atom. The number of amides is 2. The third-order valence-corrected chi connectivity index (χ3v) is 11.6. The van der Waals surface area contributed by atoms with Crippen LogP contribution in [0.5, 0.6) is 23.0 Å². The van der Waals surface area contributed by atoms with Crippen LogP contribution in [0.4, 0.5) is 5.69 Å². The summed E-state index contributed by atoms with van der Waals surface area (Å²) in [5.74, 6) is -7.86. The molecule has 2 aromatic carbocycles. The van der Waals surface area contributed by atoms with Crippen molar-refractivity contribution in [3.63, 3.8) is 0 Å². The number of nitrogens with zero attached hydrogens (tertiary/aromatic N) is 1. The molecule has 15 heteroatoms. The Kier molecular flexibility index (Phi) is 13.5. The fourth-order valence-electron chi connectivity index (χ4n) is 7.95. The molecule has 5 bridgehead atoms. The number of phenolic OH excluding ortho intramolecular Hbond substituents is 2. The van der Waals surface area contributed by atoms with E-state index in [1.165, 1.54) is 59.3 Å². The molecule has 0 saturated carbocycles. The van der Waals surface area contributed by atoms with E-state index in [1.54, 1.807) is 44.7 Å². The van der Waals surface area contributed by atoms with Gasteiger partial charge in [0.25, 0.3) is 17.6 Å². The second kappa shape index (κ2) is 17.8. The Bertz CT molecular complexity index is 2020. The van der Waals surface area contributed by atoms with Gasteiger partial charge in [0.15, 0.2) is 12.4 Å². The van der Waals surface area contributed by atoms with Crippen LogP contribution in [-0.4, -0.2) is 106 Å². The van der Waals surface area contributed by atoms with Gasteiger partial charge < -0.3 is 54.3 Å². The highest BCUT2D eigenvalue weighted by molar-refractivity contribution is 6.21. The van der Waals surface area contributed by atoms with Crippen molar-refractivity contribution in [2.24, 2.45) is 23.7 Å². The molecular weight excluding hydrogens is 752 g/mol. The van der Waals surface area contributed by atoms with E-state index in [1.807, 2.05) is 0 Å². The van der Waals surface area contributed by atoms with Gasteiger partial charge in [0, 0.05) is 80.3 Å². The van der Waals surface area contributed by atoms with Crippen LogP contribution in [0.15, 0.2) is 42.2 Å². The van der Waals surface area contributed by atoms with Crippen molar-refractivity contribution in [1.82, 2.24) is 4.90 Å². The third-order valence-electron chi connectivity index (χ3n) is 11.6. The fourth-order valence-corrected chi connectivity index (χ4v) is 7.95. The predicted octanol–water partition coefficient (Wildman–Crippen LogP) is 5.05. The van der Waals surface area contributed by atoms with Gasteiger partial charge in [0.1, 0.15) is 23.4 Å². The molecule has 2 amide bonds. The molecule has 0 unspecified atom stereocenters. The average Bonchev–Trinajstić information content (AvgIpc) is 3.82. The summed E-state index contributed by atoms with van der Waals surface area (Å²) in [5, 5.41) is 48.4. The number of likely N-dealkylation sites (tertiary alicyclic amines) is 1. The quantitative estimate of drug-likeness (QED) is 0.198. The molecule has 5 N–H and O–H groups in total. The number of carbonyl (C=O) groups is 4. The van der Waals surface area contributed by atoms with Gasteiger partial charge in [0.05, 0.1) is 41.2 Å². The molecule has 4 aliphatic heterocycles. The monoisotopic (exact) mass is 808 g/mol. The number of anilines is 1. The fraction of sp³-hybridized carbons (Fsp3) is 0.535. The van der Waals surface area contributed by atoms with Crippen LogP contribution >= 0.6 is 0 Å². The second-order valence-corrected chi connectivity index (χ2v) is 15.8. The van der Waals surface area contributed by atoms with Crippen molar-refractivity contribution in [2.75, 3.05) is 32.1 Å². The first-order valence-corrected chi connectivity index (χ1v) is 19.6. The first kappa shape index (κ1) is 44.0. The Balaban J connectivity index is 1.66. The molecule has 4 aliphatic rings. The molecule has 2 aromatic rings. The molecule has 1 saturated heterocycles. The minimum atomic E-state index is -2.01. The highest BCUT2D eigenvalue weighted by Gasteiger charge is 2.50. The molecule has 0 aliphatic carbocycles. The Labute approximate surface area is 338 Å². The second-order valence-electron chi connectivity index (χ2n) is 15.8. The van der Waals surface area contributed by atoms with Crippen molar-refractivity contribution < 1.29 is 63.3 Å². The van der Waals surface area contributed by atoms with Crippen LogP contribution in [0.2, 0.25) is 0 Å². The van der Waals surface area contributed by atoms with Gasteiger partial charge in [0.2, 0.25) is 0 Å². The number of methoxy groups -OCH3 is 1. The van der Waals surface area contributed by atoms with E-state index in [9.17, 15) is 39.6 Å². The van der Waals surface area contributed by atoms with Gasteiger partial charge in [-0.25, -0.2) is 0 Å². The minimum Gasteiger partial charge on any atom is -0.507 e. The highest BCUT2D eigenvalue weighted by atomic mass is 16.7. The van der Waals surface area contributed by atoms with E-state index in [0.29, 0.717) is 13.1 Å². The van der Waals surface area contributed by atoms with E-state index in [0.717, 1.165) is 12.8 Å². The number of hydrogen-bond acceptors (Lipinski definition) is 13.